The van der Waals surface area contributed by atoms with Crippen LogP contribution in [0.1, 0.15) is 82.3 Å². The van der Waals surface area contributed by atoms with E-state index in [1.807, 2.05) is 30.3 Å². The molecule has 0 unspecified atom stereocenters. The summed E-state index contributed by atoms with van der Waals surface area (Å²) >= 11 is 0. The Labute approximate surface area is 233 Å². The maximum atomic E-state index is 11.2. The minimum atomic E-state index is -4.19. The monoisotopic (exact) mass is 557 g/mol. The zero-order valence-corrected chi connectivity index (χ0v) is 23.7. The Balaban J connectivity index is 0.000000611. The molecule has 6 N–H and O–H groups in total. The van der Waals surface area contributed by atoms with Gasteiger partial charge in [-0.3, -0.25) is 9.35 Å². The van der Waals surface area contributed by atoms with E-state index < -0.39 is 10.1 Å². The molecule has 0 saturated carbocycles. The molecule has 3 rings (SSSR count). The molecular weight excluding hydrogens is 514 g/mol. The van der Waals surface area contributed by atoms with Crippen LogP contribution in [-0.2, 0) is 14.9 Å². The predicted octanol–water partition coefficient (Wildman–Crippen LogP) is 6.53. The van der Waals surface area contributed by atoms with Crippen molar-refractivity contribution in [1.29, 1.82) is 0 Å². The lowest BCUT2D eigenvalue weighted by molar-refractivity contribution is -0.118. The highest BCUT2D eigenvalue weighted by Gasteiger charge is 2.12. The van der Waals surface area contributed by atoms with Gasteiger partial charge in [-0.2, -0.15) is 8.42 Å². The highest BCUT2D eigenvalue weighted by Crippen LogP contribution is 2.18. The first kappa shape index (κ1) is 35.5. The fourth-order valence-corrected chi connectivity index (χ4v) is 4.10. The van der Waals surface area contributed by atoms with Crippen LogP contribution in [0.15, 0.2) is 78.0 Å². The van der Waals surface area contributed by atoms with Crippen LogP contribution in [-0.4, -0.2) is 34.3 Å². The molecule has 0 spiro atoms. The molecular formula is C29H43N5O4S. The molecule has 9 nitrogen and oxygen atoms in total. The first-order chi connectivity index (χ1) is 18.3. The molecule has 0 aliphatic rings. The molecule has 0 aliphatic heterocycles. The number of rotatable bonds is 13. The van der Waals surface area contributed by atoms with E-state index in [-0.39, 0.29) is 17.0 Å². The van der Waals surface area contributed by atoms with Gasteiger partial charge in [0.15, 0.2) is 0 Å². The van der Waals surface area contributed by atoms with Crippen LogP contribution in [0.25, 0.3) is 12.2 Å². The summed E-state index contributed by atoms with van der Waals surface area (Å²) in [6.07, 6.45) is 18.7. The number of nitrogens with two attached hydrogens (primary N) is 1. The van der Waals surface area contributed by atoms with E-state index in [0.29, 0.717) is 12.0 Å². The second-order valence-corrected chi connectivity index (χ2v) is 10.0. The van der Waals surface area contributed by atoms with Gasteiger partial charge < -0.3 is 11.9 Å². The standard InChI is InChI=1S/C14H12O3S.C12H25NO.C3H3N3.H3N/c15-18(16,17)14-9-5-4-8-13(14)11-10-12-6-2-1-3-7-12;1-2-3-4-5-6-7-8-9-10-11-12(13)14;1-2-4-6-5-3-1;/h1-11H,(H,15,16,17);2-11H2,1H3,(H2,13,14);1-3H;1H3. The third-order valence-electron chi connectivity index (χ3n) is 5.39. The van der Waals surface area contributed by atoms with Crippen molar-refractivity contribution in [3.8, 4) is 0 Å². The quantitative estimate of drug-likeness (QED) is 0.121. The maximum Gasteiger partial charge on any atom is 0.295 e. The number of unbranched alkanes of at least 4 members (excludes halogenated alkanes) is 8. The lowest BCUT2D eigenvalue weighted by atomic mass is 10.1. The van der Waals surface area contributed by atoms with Gasteiger partial charge in [-0.05, 0) is 34.9 Å². The summed E-state index contributed by atoms with van der Waals surface area (Å²) < 4.78 is 31.5. The Morgan fingerprint density at radius 2 is 1.33 bits per heavy atom. The molecule has 3 aromatic rings. The number of hydrogen-bond acceptors (Lipinski definition) is 7. The number of benzene rings is 2. The van der Waals surface area contributed by atoms with Crippen molar-refractivity contribution in [2.24, 2.45) is 5.73 Å². The zero-order valence-electron chi connectivity index (χ0n) is 22.9. The summed E-state index contributed by atoms with van der Waals surface area (Å²) in [7, 11) is -4.19. The van der Waals surface area contributed by atoms with E-state index in [2.05, 4.69) is 22.3 Å². The number of hydrogen-bond donors (Lipinski definition) is 3. The summed E-state index contributed by atoms with van der Waals surface area (Å²) in [5, 5.41) is 10.1. The molecule has 1 aromatic heterocycles. The number of primary amides is 1. The summed E-state index contributed by atoms with van der Waals surface area (Å²) in [5.74, 6) is -0.159. The van der Waals surface area contributed by atoms with Crippen LogP contribution in [0.4, 0.5) is 0 Å². The normalized spacial score (nSPS) is 10.4. The van der Waals surface area contributed by atoms with Crippen molar-refractivity contribution in [1.82, 2.24) is 21.6 Å². The SMILES string of the molecule is CCCCCCCCCCCC(N)=O.N.O=S(=O)(O)c1ccccc1C=Cc1ccccc1.c1cnnnc1. The molecule has 1 heterocycles. The van der Waals surface area contributed by atoms with Gasteiger partial charge in [0.05, 0.1) is 12.4 Å². The first-order valence-corrected chi connectivity index (χ1v) is 14.4. The molecule has 0 radical (unpaired) electrons. The number of aromatic nitrogens is 3. The van der Waals surface area contributed by atoms with E-state index in [0.717, 1.165) is 18.4 Å². The number of nitrogens with zero attached hydrogens (tertiary/aromatic N) is 3. The van der Waals surface area contributed by atoms with Gasteiger partial charge in [-0.15, -0.1) is 10.2 Å². The lowest BCUT2D eigenvalue weighted by Crippen LogP contribution is -2.09. The van der Waals surface area contributed by atoms with Crippen LogP contribution < -0.4 is 11.9 Å². The van der Waals surface area contributed by atoms with Crippen LogP contribution in [0.2, 0.25) is 0 Å². The van der Waals surface area contributed by atoms with Gasteiger partial charge in [0.25, 0.3) is 10.1 Å². The van der Waals surface area contributed by atoms with Crippen LogP contribution in [0.5, 0.6) is 0 Å². The summed E-state index contributed by atoms with van der Waals surface area (Å²) in [6, 6.07) is 17.5. The van der Waals surface area contributed by atoms with Crippen LogP contribution in [0, 0.1) is 0 Å². The van der Waals surface area contributed by atoms with Gasteiger partial charge in [-0.25, -0.2) is 0 Å². The minimum absolute atomic E-state index is 0. The molecule has 0 aliphatic carbocycles. The molecule has 0 saturated heterocycles. The highest BCUT2D eigenvalue weighted by molar-refractivity contribution is 7.85. The molecule has 10 heteroatoms. The van der Waals surface area contributed by atoms with Crippen molar-refractivity contribution in [3.63, 3.8) is 0 Å². The molecule has 2 aromatic carbocycles. The largest absolute Gasteiger partial charge is 0.370 e. The Kier molecular flexibility index (Phi) is 20.5. The Morgan fingerprint density at radius 1 is 0.795 bits per heavy atom. The summed E-state index contributed by atoms with van der Waals surface area (Å²) in [6.45, 7) is 2.24. The van der Waals surface area contributed by atoms with Crippen molar-refractivity contribution in [2.75, 3.05) is 0 Å². The Bertz CT molecular complexity index is 1120. The van der Waals surface area contributed by atoms with Gasteiger partial charge in [0.2, 0.25) is 5.91 Å². The third kappa shape index (κ3) is 19.3. The summed E-state index contributed by atoms with van der Waals surface area (Å²) in [5.41, 5.74) is 6.47. The van der Waals surface area contributed by atoms with E-state index in [9.17, 15) is 13.2 Å². The molecule has 39 heavy (non-hydrogen) atoms. The smallest absolute Gasteiger partial charge is 0.295 e. The van der Waals surface area contributed by atoms with E-state index in [4.69, 9.17) is 10.3 Å². The second-order valence-electron chi connectivity index (χ2n) is 8.61. The summed E-state index contributed by atoms with van der Waals surface area (Å²) in [4.78, 5) is 10.3. The van der Waals surface area contributed by atoms with Crippen molar-refractivity contribution < 1.29 is 17.8 Å². The van der Waals surface area contributed by atoms with Gasteiger partial charge in [0, 0.05) is 6.42 Å². The highest BCUT2D eigenvalue weighted by atomic mass is 32.2. The lowest BCUT2D eigenvalue weighted by Gasteiger charge is -2.01. The molecule has 0 atom stereocenters. The van der Waals surface area contributed by atoms with Gasteiger partial charge in [-0.1, -0.05) is 119 Å². The molecule has 0 fully saturated rings. The van der Waals surface area contributed by atoms with Gasteiger partial charge in [0.1, 0.15) is 4.90 Å². The van der Waals surface area contributed by atoms with E-state index >= 15 is 0 Å². The average molecular weight is 558 g/mol. The number of amides is 1. The van der Waals surface area contributed by atoms with Crippen LogP contribution in [0.3, 0.4) is 0 Å². The maximum absolute atomic E-state index is 11.2. The number of carbonyl (C=O) groups is 1. The van der Waals surface area contributed by atoms with Crippen LogP contribution >= 0.6 is 0 Å². The first-order valence-electron chi connectivity index (χ1n) is 13.0. The predicted molar refractivity (Wildman–Crippen MR) is 158 cm³/mol. The average Bonchev–Trinajstić information content (AvgIpc) is 2.93. The second kappa shape index (κ2) is 22.5. The minimum Gasteiger partial charge on any atom is -0.370 e. The third-order valence-corrected chi connectivity index (χ3v) is 6.31. The molecule has 214 valence electrons. The Hall–Kier alpha value is -3.47. The van der Waals surface area contributed by atoms with E-state index in [1.165, 1.54) is 51.0 Å². The van der Waals surface area contributed by atoms with Gasteiger partial charge >= 0.3 is 0 Å². The fraction of sp³-hybridized carbons (Fsp3) is 0.379. The zero-order chi connectivity index (χ0) is 27.9. The van der Waals surface area contributed by atoms with Crippen molar-refractivity contribution in [3.05, 3.63) is 84.2 Å². The Morgan fingerprint density at radius 3 is 1.82 bits per heavy atom. The topological polar surface area (TPSA) is 171 Å². The fourth-order valence-electron chi connectivity index (χ4n) is 3.42. The van der Waals surface area contributed by atoms with Crippen molar-refractivity contribution in [2.45, 2.75) is 76.0 Å². The van der Waals surface area contributed by atoms with Crippen molar-refractivity contribution >= 4 is 28.2 Å². The molecule has 1 amide bonds. The van der Waals surface area contributed by atoms with E-state index in [1.54, 1.807) is 48.8 Å². The molecule has 0 bridgehead atoms. The number of carbonyl (C=O) groups excluding carboxylic acids is 1.